The molecule has 0 bridgehead atoms. The highest BCUT2D eigenvalue weighted by atomic mass is 19.4. The summed E-state index contributed by atoms with van der Waals surface area (Å²) in [5, 5.41) is 8.38. The van der Waals surface area contributed by atoms with Crippen LogP contribution in [-0.2, 0) is 4.79 Å². The first-order chi connectivity index (χ1) is 8.37. The molecule has 0 saturated carbocycles. The summed E-state index contributed by atoms with van der Waals surface area (Å²) in [6.07, 6.45) is -4.52. The molecule has 4 nitrogen and oxygen atoms in total. The van der Waals surface area contributed by atoms with E-state index in [2.05, 4.69) is 4.74 Å². The third kappa shape index (κ3) is 5.97. The van der Waals surface area contributed by atoms with Crippen molar-refractivity contribution in [3.8, 4) is 11.5 Å². The lowest BCUT2D eigenvalue weighted by Crippen LogP contribution is -2.19. The second kappa shape index (κ2) is 6.13. The van der Waals surface area contributed by atoms with E-state index in [1.54, 1.807) is 0 Å². The largest absolute Gasteiger partial charge is 0.493 e. The van der Waals surface area contributed by atoms with Gasteiger partial charge in [-0.25, -0.2) is 0 Å². The predicted octanol–water partition coefficient (Wildman–Crippen LogP) is 2.48. The Hall–Kier alpha value is -1.92. The molecule has 1 rings (SSSR count). The molecule has 1 aromatic carbocycles. The average Bonchev–Trinajstić information content (AvgIpc) is 2.26. The molecule has 0 radical (unpaired) electrons. The summed E-state index contributed by atoms with van der Waals surface area (Å²) in [6, 6.07) is 5.46. The van der Waals surface area contributed by atoms with Gasteiger partial charge in [-0.1, -0.05) is 0 Å². The number of alkyl halides is 3. The van der Waals surface area contributed by atoms with Crippen LogP contribution >= 0.6 is 0 Å². The highest BCUT2D eigenvalue weighted by Gasteiger charge is 2.28. The van der Waals surface area contributed by atoms with Crippen LogP contribution in [0.15, 0.2) is 24.3 Å². The highest BCUT2D eigenvalue weighted by molar-refractivity contribution is 5.66. The van der Waals surface area contributed by atoms with Crippen LogP contribution in [0.3, 0.4) is 0 Å². The van der Waals surface area contributed by atoms with E-state index in [9.17, 15) is 18.0 Å². The summed E-state index contributed by atoms with van der Waals surface area (Å²) < 4.78 is 45.1. The Kier molecular flexibility index (Phi) is 4.82. The summed E-state index contributed by atoms with van der Waals surface area (Å²) >= 11 is 0. The fraction of sp³-hybridized carbons (Fsp3) is 0.364. The van der Waals surface area contributed by atoms with Gasteiger partial charge in [-0.3, -0.25) is 4.79 Å². The van der Waals surface area contributed by atoms with Crippen LogP contribution in [0.4, 0.5) is 13.2 Å². The zero-order valence-electron chi connectivity index (χ0n) is 9.24. The lowest BCUT2D eigenvalue weighted by molar-refractivity contribution is -0.153. The number of benzene rings is 1. The molecular formula is C11H11F3O4. The molecule has 1 aromatic rings. The van der Waals surface area contributed by atoms with Crippen LogP contribution in [0.2, 0.25) is 0 Å². The zero-order chi connectivity index (χ0) is 13.6. The minimum atomic E-state index is -4.38. The maximum atomic E-state index is 11.9. The first kappa shape index (κ1) is 14.1. The topological polar surface area (TPSA) is 55.8 Å². The highest BCUT2D eigenvalue weighted by Crippen LogP contribution is 2.21. The van der Waals surface area contributed by atoms with Crippen molar-refractivity contribution in [3.05, 3.63) is 24.3 Å². The Balaban J connectivity index is 2.40. The summed E-state index contributed by atoms with van der Waals surface area (Å²) in [5.41, 5.74) is 0. The molecule has 7 heteroatoms. The predicted molar refractivity (Wildman–Crippen MR) is 55.7 cm³/mol. The van der Waals surface area contributed by atoms with Crippen LogP contribution in [0.25, 0.3) is 0 Å². The minimum absolute atomic E-state index is 0.00190. The van der Waals surface area contributed by atoms with Crippen molar-refractivity contribution < 1.29 is 32.5 Å². The lowest BCUT2D eigenvalue weighted by atomic mass is 10.3. The molecule has 0 aliphatic heterocycles. The van der Waals surface area contributed by atoms with Gasteiger partial charge >= 0.3 is 12.1 Å². The van der Waals surface area contributed by atoms with E-state index in [1.165, 1.54) is 24.3 Å². The first-order valence-corrected chi connectivity index (χ1v) is 5.01. The number of carboxylic acid groups (broad SMARTS) is 1. The van der Waals surface area contributed by atoms with Gasteiger partial charge in [-0.05, 0) is 24.3 Å². The van der Waals surface area contributed by atoms with Gasteiger partial charge in [-0.15, -0.1) is 0 Å². The van der Waals surface area contributed by atoms with Crippen LogP contribution in [0, 0.1) is 0 Å². The molecule has 0 fully saturated rings. The van der Waals surface area contributed by atoms with Gasteiger partial charge < -0.3 is 14.6 Å². The monoisotopic (exact) mass is 264 g/mol. The second-order valence-electron chi connectivity index (χ2n) is 3.37. The number of halogens is 3. The molecule has 0 saturated heterocycles. The van der Waals surface area contributed by atoms with Crippen molar-refractivity contribution in [1.29, 1.82) is 0 Å². The molecule has 0 aromatic heterocycles. The van der Waals surface area contributed by atoms with Crippen molar-refractivity contribution in [1.82, 2.24) is 0 Å². The molecule has 0 amide bonds. The molecule has 18 heavy (non-hydrogen) atoms. The zero-order valence-corrected chi connectivity index (χ0v) is 9.24. The number of ether oxygens (including phenoxy) is 2. The SMILES string of the molecule is O=C(O)CCOc1ccc(OCC(F)(F)F)cc1. The molecule has 0 aliphatic carbocycles. The van der Waals surface area contributed by atoms with Gasteiger partial charge in [0.15, 0.2) is 6.61 Å². The van der Waals surface area contributed by atoms with E-state index in [-0.39, 0.29) is 18.8 Å². The molecule has 0 heterocycles. The van der Waals surface area contributed by atoms with E-state index in [0.717, 1.165) is 0 Å². The first-order valence-electron chi connectivity index (χ1n) is 5.01. The van der Waals surface area contributed by atoms with E-state index in [0.29, 0.717) is 5.75 Å². The fourth-order valence-electron chi connectivity index (χ4n) is 1.05. The molecule has 100 valence electrons. The van der Waals surface area contributed by atoms with Crippen molar-refractivity contribution in [2.45, 2.75) is 12.6 Å². The molecule has 0 unspecified atom stereocenters. The number of aliphatic carboxylic acids is 1. The van der Waals surface area contributed by atoms with Crippen LogP contribution in [-0.4, -0.2) is 30.5 Å². The third-order valence-electron chi connectivity index (χ3n) is 1.81. The summed E-state index contributed by atoms with van der Waals surface area (Å²) in [5.74, 6) is -0.548. The van der Waals surface area contributed by atoms with Crippen LogP contribution in [0.1, 0.15) is 6.42 Å². The van der Waals surface area contributed by atoms with Gasteiger partial charge in [0.1, 0.15) is 11.5 Å². The Bertz CT molecular complexity index is 386. The summed E-state index contributed by atoms with van der Waals surface area (Å²) in [4.78, 5) is 10.2. The molecule has 0 atom stereocenters. The van der Waals surface area contributed by atoms with Gasteiger partial charge in [0, 0.05) is 0 Å². The Morgan fingerprint density at radius 3 is 2.06 bits per heavy atom. The third-order valence-corrected chi connectivity index (χ3v) is 1.81. The average molecular weight is 264 g/mol. The van der Waals surface area contributed by atoms with Crippen molar-refractivity contribution in [2.75, 3.05) is 13.2 Å². The van der Waals surface area contributed by atoms with Crippen molar-refractivity contribution in [3.63, 3.8) is 0 Å². The Morgan fingerprint density at radius 1 is 1.11 bits per heavy atom. The molecule has 0 spiro atoms. The van der Waals surface area contributed by atoms with Gasteiger partial charge in [0.2, 0.25) is 0 Å². The van der Waals surface area contributed by atoms with Crippen LogP contribution in [0.5, 0.6) is 11.5 Å². The number of carbonyl (C=O) groups is 1. The van der Waals surface area contributed by atoms with Gasteiger partial charge in [-0.2, -0.15) is 13.2 Å². The van der Waals surface area contributed by atoms with Crippen molar-refractivity contribution >= 4 is 5.97 Å². The molecular weight excluding hydrogens is 253 g/mol. The summed E-state index contributed by atoms with van der Waals surface area (Å²) in [6.45, 7) is -1.36. The van der Waals surface area contributed by atoms with E-state index in [4.69, 9.17) is 9.84 Å². The minimum Gasteiger partial charge on any atom is -0.493 e. The smallest absolute Gasteiger partial charge is 0.422 e. The van der Waals surface area contributed by atoms with E-state index >= 15 is 0 Å². The van der Waals surface area contributed by atoms with Gasteiger partial charge in [0.25, 0.3) is 0 Å². The van der Waals surface area contributed by atoms with E-state index < -0.39 is 18.8 Å². The maximum absolute atomic E-state index is 11.9. The maximum Gasteiger partial charge on any atom is 0.422 e. The molecule has 0 aliphatic rings. The number of carboxylic acids is 1. The molecule has 1 N–H and O–H groups in total. The number of hydrogen-bond donors (Lipinski definition) is 1. The van der Waals surface area contributed by atoms with Crippen LogP contribution < -0.4 is 9.47 Å². The lowest BCUT2D eigenvalue weighted by Gasteiger charge is -2.09. The van der Waals surface area contributed by atoms with E-state index in [1.807, 2.05) is 0 Å². The quantitative estimate of drug-likeness (QED) is 0.857. The fourth-order valence-corrected chi connectivity index (χ4v) is 1.05. The second-order valence-corrected chi connectivity index (χ2v) is 3.37. The standard InChI is InChI=1S/C11H11F3O4/c12-11(13,14)7-18-9-3-1-8(2-4-9)17-6-5-10(15)16/h1-4H,5-7H2,(H,15,16). The normalized spacial score (nSPS) is 11.1. The Morgan fingerprint density at radius 2 is 1.61 bits per heavy atom. The Labute approximate surface area is 101 Å². The number of rotatable bonds is 6. The number of hydrogen-bond acceptors (Lipinski definition) is 3. The van der Waals surface area contributed by atoms with Crippen molar-refractivity contribution in [2.24, 2.45) is 0 Å². The summed E-state index contributed by atoms with van der Waals surface area (Å²) in [7, 11) is 0. The van der Waals surface area contributed by atoms with Gasteiger partial charge in [0.05, 0.1) is 13.0 Å².